The standard InChI is InChI=1S/C16H16ClIO/c1-10-8-13(9-11(2)16(10)19-3)15(17)12-4-6-14(18)7-5-12/h4-9,15H,1-3H3. The van der Waals surface area contributed by atoms with E-state index in [-0.39, 0.29) is 5.38 Å². The van der Waals surface area contributed by atoms with Gasteiger partial charge in [-0.3, -0.25) is 0 Å². The van der Waals surface area contributed by atoms with Gasteiger partial charge >= 0.3 is 0 Å². The fraction of sp³-hybridized carbons (Fsp3) is 0.250. The van der Waals surface area contributed by atoms with Crippen LogP contribution in [0.25, 0.3) is 0 Å². The predicted octanol–water partition coefficient (Wildman–Crippen LogP) is 5.24. The Balaban J connectivity index is 2.39. The summed E-state index contributed by atoms with van der Waals surface area (Å²) in [5.41, 5.74) is 4.46. The maximum absolute atomic E-state index is 6.58. The summed E-state index contributed by atoms with van der Waals surface area (Å²) in [6.45, 7) is 4.10. The zero-order valence-electron chi connectivity index (χ0n) is 11.2. The van der Waals surface area contributed by atoms with Crippen molar-refractivity contribution in [2.45, 2.75) is 19.2 Å². The van der Waals surface area contributed by atoms with E-state index in [1.165, 1.54) is 3.57 Å². The molecule has 0 saturated heterocycles. The zero-order valence-corrected chi connectivity index (χ0v) is 14.1. The second-order valence-corrected chi connectivity index (χ2v) is 6.28. The summed E-state index contributed by atoms with van der Waals surface area (Å²) in [5, 5.41) is -0.125. The van der Waals surface area contributed by atoms with Gasteiger partial charge in [0.2, 0.25) is 0 Å². The molecule has 0 bridgehead atoms. The number of rotatable bonds is 3. The van der Waals surface area contributed by atoms with Gasteiger partial charge in [-0.25, -0.2) is 0 Å². The number of ether oxygens (including phenoxy) is 1. The monoisotopic (exact) mass is 386 g/mol. The minimum absolute atomic E-state index is 0.125. The van der Waals surface area contributed by atoms with E-state index in [4.69, 9.17) is 16.3 Å². The lowest BCUT2D eigenvalue weighted by Crippen LogP contribution is -1.98. The highest BCUT2D eigenvalue weighted by Gasteiger charge is 2.14. The summed E-state index contributed by atoms with van der Waals surface area (Å²) >= 11 is 8.88. The lowest BCUT2D eigenvalue weighted by atomic mass is 9.99. The highest BCUT2D eigenvalue weighted by molar-refractivity contribution is 14.1. The van der Waals surface area contributed by atoms with E-state index < -0.39 is 0 Å². The van der Waals surface area contributed by atoms with Gasteiger partial charge in [-0.15, -0.1) is 11.6 Å². The number of halogens is 2. The number of benzene rings is 2. The first kappa shape index (κ1) is 14.7. The lowest BCUT2D eigenvalue weighted by molar-refractivity contribution is 0.408. The molecule has 0 aromatic heterocycles. The van der Waals surface area contributed by atoms with Crippen LogP contribution in [0.2, 0.25) is 0 Å². The topological polar surface area (TPSA) is 9.23 Å². The SMILES string of the molecule is COc1c(C)cc(C(Cl)c2ccc(I)cc2)cc1C. The van der Waals surface area contributed by atoms with Gasteiger partial charge in [0.25, 0.3) is 0 Å². The average molecular weight is 387 g/mol. The summed E-state index contributed by atoms with van der Waals surface area (Å²) in [6, 6.07) is 12.5. The predicted molar refractivity (Wildman–Crippen MR) is 89.3 cm³/mol. The van der Waals surface area contributed by atoms with Crippen LogP contribution in [0, 0.1) is 17.4 Å². The molecule has 100 valence electrons. The lowest BCUT2D eigenvalue weighted by Gasteiger charge is -2.15. The van der Waals surface area contributed by atoms with Gasteiger partial charge in [-0.2, -0.15) is 0 Å². The van der Waals surface area contributed by atoms with Crippen molar-refractivity contribution < 1.29 is 4.74 Å². The van der Waals surface area contributed by atoms with Crippen LogP contribution >= 0.6 is 34.2 Å². The molecule has 0 aliphatic rings. The van der Waals surface area contributed by atoms with Gasteiger partial charge in [0.05, 0.1) is 12.5 Å². The molecule has 0 heterocycles. The molecule has 0 fully saturated rings. The van der Waals surface area contributed by atoms with E-state index in [0.717, 1.165) is 28.0 Å². The molecular weight excluding hydrogens is 371 g/mol. The quantitative estimate of drug-likeness (QED) is 0.517. The Morgan fingerprint density at radius 2 is 1.53 bits per heavy atom. The van der Waals surface area contributed by atoms with Crippen molar-refractivity contribution >= 4 is 34.2 Å². The van der Waals surface area contributed by atoms with Gasteiger partial charge in [0, 0.05) is 3.57 Å². The van der Waals surface area contributed by atoms with Gasteiger partial charge in [-0.05, 0) is 70.8 Å². The van der Waals surface area contributed by atoms with Crippen LogP contribution in [0.3, 0.4) is 0 Å². The molecular formula is C16H16ClIO. The fourth-order valence-electron chi connectivity index (χ4n) is 2.28. The highest BCUT2D eigenvalue weighted by Crippen LogP contribution is 2.33. The molecule has 1 atom stereocenters. The third kappa shape index (κ3) is 3.23. The van der Waals surface area contributed by atoms with Crippen LogP contribution < -0.4 is 4.74 Å². The van der Waals surface area contributed by atoms with Gasteiger partial charge in [0.1, 0.15) is 5.75 Å². The number of alkyl halides is 1. The molecule has 2 aromatic carbocycles. The number of hydrogen-bond acceptors (Lipinski definition) is 1. The normalized spacial score (nSPS) is 12.3. The first-order chi connectivity index (χ1) is 9.02. The van der Waals surface area contributed by atoms with Crippen molar-refractivity contribution in [2.75, 3.05) is 7.11 Å². The molecule has 0 spiro atoms. The van der Waals surface area contributed by atoms with Gasteiger partial charge < -0.3 is 4.74 Å². The second kappa shape index (κ2) is 6.14. The highest BCUT2D eigenvalue weighted by atomic mass is 127. The molecule has 0 radical (unpaired) electrons. The summed E-state index contributed by atoms with van der Waals surface area (Å²) in [6.07, 6.45) is 0. The number of methoxy groups -OCH3 is 1. The molecule has 2 rings (SSSR count). The molecule has 1 nitrogen and oxygen atoms in total. The third-order valence-corrected chi connectivity index (χ3v) is 4.37. The van der Waals surface area contributed by atoms with E-state index >= 15 is 0 Å². The molecule has 0 saturated carbocycles. The Bertz CT molecular complexity index is 555. The second-order valence-electron chi connectivity index (χ2n) is 4.60. The molecule has 1 unspecified atom stereocenters. The summed E-state index contributed by atoms with van der Waals surface area (Å²) < 4.78 is 6.60. The van der Waals surface area contributed by atoms with Crippen molar-refractivity contribution in [3.8, 4) is 5.75 Å². The Kier molecular flexibility index (Phi) is 4.74. The minimum atomic E-state index is -0.125. The van der Waals surface area contributed by atoms with Crippen molar-refractivity contribution in [1.82, 2.24) is 0 Å². The van der Waals surface area contributed by atoms with E-state index in [1.807, 2.05) is 13.8 Å². The molecule has 19 heavy (non-hydrogen) atoms. The maximum atomic E-state index is 6.58. The zero-order chi connectivity index (χ0) is 14.0. The van der Waals surface area contributed by atoms with E-state index in [0.29, 0.717) is 0 Å². The largest absolute Gasteiger partial charge is 0.496 e. The molecule has 0 aliphatic heterocycles. The van der Waals surface area contributed by atoms with Gasteiger partial charge in [-0.1, -0.05) is 24.3 Å². The van der Waals surface area contributed by atoms with Gasteiger partial charge in [0.15, 0.2) is 0 Å². The number of hydrogen-bond donors (Lipinski definition) is 0. The van der Waals surface area contributed by atoms with Crippen molar-refractivity contribution in [3.63, 3.8) is 0 Å². The van der Waals surface area contributed by atoms with Crippen LogP contribution in [0.15, 0.2) is 36.4 Å². The summed E-state index contributed by atoms with van der Waals surface area (Å²) in [4.78, 5) is 0. The van der Waals surface area contributed by atoms with Crippen LogP contribution in [0.4, 0.5) is 0 Å². The first-order valence-corrected chi connectivity index (χ1v) is 7.59. The smallest absolute Gasteiger partial charge is 0.124 e. The Labute approximate surface area is 133 Å². The Morgan fingerprint density at radius 3 is 2.00 bits per heavy atom. The molecule has 2 aromatic rings. The van der Waals surface area contributed by atoms with E-state index in [1.54, 1.807) is 7.11 Å². The molecule has 0 aliphatic carbocycles. The first-order valence-electron chi connectivity index (χ1n) is 6.07. The maximum Gasteiger partial charge on any atom is 0.124 e. The van der Waals surface area contributed by atoms with Crippen LogP contribution in [0.5, 0.6) is 5.75 Å². The van der Waals surface area contributed by atoms with Crippen molar-refractivity contribution in [1.29, 1.82) is 0 Å². The summed E-state index contributed by atoms with van der Waals surface area (Å²) in [5.74, 6) is 0.940. The van der Waals surface area contributed by atoms with Crippen molar-refractivity contribution in [3.05, 3.63) is 62.2 Å². The van der Waals surface area contributed by atoms with Crippen LogP contribution in [-0.2, 0) is 0 Å². The fourth-order valence-corrected chi connectivity index (χ4v) is 2.91. The Hall–Kier alpha value is -0.740. The Morgan fingerprint density at radius 1 is 1.00 bits per heavy atom. The molecule has 0 N–H and O–H groups in total. The van der Waals surface area contributed by atoms with E-state index in [2.05, 4.69) is 59.0 Å². The van der Waals surface area contributed by atoms with Crippen LogP contribution in [-0.4, -0.2) is 7.11 Å². The molecule has 3 heteroatoms. The van der Waals surface area contributed by atoms with Crippen LogP contribution in [0.1, 0.15) is 27.6 Å². The van der Waals surface area contributed by atoms with Crippen molar-refractivity contribution in [2.24, 2.45) is 0 Å². The number of aryl methyl sites for hydroxylation is 2. The third-order valence-electron chi connectivity index (χ3n) is 3.14. The minimum Gasteiger partial charge on any atom is -0.496 e. The molecule has 0 amide bonds. The average Bonchev–Trinajstić information content (AvgIpc) is 2.38. The van der Waals surface area contributed by atoms with E-state index in [9.17, 15) is 0 Å². The summed E-state index contributed by atoms with van der Waals surface area (Å²) in [7, 11) is 1.70.